The molecule has 232 valence electrons. The molecule has 5 rings (SSSR count). The number of carbonyl (C=O) groups is 3. The first-order chi connectivity index (χ1) is 22.2. The van der Waals surface area contributed by atoms with Crippen LogP contribution in [0.15, 0.2) is 91.4 Å². The normalized spacial score (nSPS) is 10.4. The molecule has 0 spiro atoms. The molecule has 0 saturated heterocycles. The summed E-state index contributed by atoms with van der Waals surface area (Å²) < 4.78 is 41.1. The van der Waals surface area contributed by atoms with Crippen molar-refractivity contribution in [3.63, 3.8) is 0 Å². The van der Waals surface area contributed by atoms with Gasteiger partial charge in [0.05, 0.1) is 11.4 Å². The van der Waals surface area contributed by atoms with E-state index in [2.05, 4.69) is 36.2 Å². The molecule has 0 bridgehead atoms. The van der Waals surface area contributed by atoms with Gasteiger partial charge in [0.2, 0.25) is 0 Å². The number of nitrogens with zero attached hydrogens (tertiary/aromatic N) is 3. The van der Waals surface area contributed by atoms with Gasteiger partial charge in [0.25, 0.3) is 17.7 Å². The Balaban J connectivity index is 1.22. The molecule has 0 unspecified atom stereocenters. The minimum absolute atomic E-state index is 0.0842. The SMILES string of the molecule is CNC(=O)c1cc(Nc2ccc(Oc3ccnc(C(=O)Nc4ccc(Oc5ccnc(C(=O)NC)c5)cc4F)c3)cc2F)ccn1. The van der Waals surface area contributed by atoms with Crippen LogP contribution in [0.5, 0.6) is 23.0 Å². The summed E-state index contributed by atoms with van der Waals surface area (Å²) in [6, 6.07) is 16.7. The van der Waals surface area contributed by atoms with E-state index in [-0.39, 0.29) is 57.4 Å². The zero-order valence-corrected chi connectivity index (χ0v) is 24.3. The van der Waals surface area contributed by atoms with Crippen molar-refractivity contribution in [2.75, 3.05) is 24.7 Å². The van der Waals surface area contributed by atoms with Gasteiger partial charge in [-0.3, -0.25) is 29.3 Å². The molecule has 4 N–H and O–H groups in total. The average Bonchev–Trinajstić information content (AvgIpc) is 3.07. The Kier molecular flexibility index (Phi) is 9.37. The molecule has 3 aromatic heterocycles. The maximum Gasteiger partial charge on any atom is 0.274 e. The molecule has 0 fully saturated rings. The Labute approximate surface area is 260 Å². The fourth-order valence-electron chi connectivity index (χ4n) is 4.02. The highest BCUT2D eigenvalue weighted by atomic mass is 19.1. The molecule has 46 heavy (non-hydrogen) atoms. The molecule has 5 aromatic rings. The Morgan fingerprint density at radius 1 is 0.565 bits per heavy atom. The summed E-state index contributed by atoms with van der Waals surface area (Å²) in [5.41, 5.74) is 0.659. The zero-order chi connectivity index (χ0) is 32.6. The van der Waals surface area contributed by atoms with Crippen molar-refractivity contribution < 1.29 is 32.6 Å². The summed E-state index contributed by atoms with van der Waals surface area (Å²) in [5, 5.41) is 10.3. The van der Waals surface area contributed by atoms with E-state index < -0.39 is 23.4 Å². The van der Waals surface area contributed by atoms with Gasteiger partial charge in [-0.25, -0.2) is 8.78 Å². The molecule has 12 nitrogen and oxygen atoms in total. The lowest BCUT2D eigenvalue weighted by molar-refractivity contribution is 0.0950. The molecule has 0 aliphatic rings. The van der Waals surface area contributed by atoms with E-state index in [4.69, 9.17) is 9.47 Å². The number of carbonyl (C=O) groups excluding carboxylic acids is 3. The molecule has 0 saturated carbocycles. The molecule has 0 aliphatic carbocycles. The monoisotopic (exact) mass is 625 g/mol. The summed E-state index contributed by atoms with van der Waals surface area (Å²) >= 11 is 0. The van der Waals surface area contributed by atoms with Crippen LogP contribution in [0.2, 0.25) is 0 Å². The highest BCUT2D eigenvalue weighted by Gasteiger charge is 2.15. The quantitative estimate of drug-likeness (QED) is 0.159. The number of ether oxygens (including phenoxy) is 2. The van der Waals surface area contributed by atoms with Crippen molar-refractivity contribution in [1.29, 1.82) is 0 Å². The first kappa shape index (κ1) is 31.0. The second-order valence-electron chi connectivity index (χ2n) is 9.41. The van der Waals surface area contributed by atoms with Gasteiger partial charge in [0.15, 0.2) is 0 Å². The van der Waals surface area contributed by atoms with Crippen molar-refractivity contribution in [2.45, 2.75) is 0 Å². The van der Waals surface area contributed by atoms with E-state index in [1.807, 2.05) is 0 Å². The van der Waals surface area contributed by atoms with Gasteiger partial charge < -0.3 is 30.7 Å². The number of nitrogens with one attached hydrogen (secondary N) is 4. The van der Waals surface area contributed by atoms with Crippen LogP contribution in [0.3, 0.4) is 0 Å². The smallest absolute Gasteiger partial charge is 0.274 e. The molecule has 3 heterocycles. The molecular weight excluding hydrogens is 600 g/mol. The molecule has 0 radical (unpaired) electrons. The number of rotatable bonds is 10. The number of halogens is 2. The second kappa shape index (κ2) is 13.9. The van der Waals surface area contributed by atoms with E-state index in [9.17, 15) is 23.2 Å². The number of benzene rings is 2. The van der Waals surface area contributed by atoms with E-state index in [0.717, 1.165) is 12.1 Å². The Hall–Kier alpha value is -6.44. The topological polar surface area (TPSA) is 156 Å². The van der Waals surface area contributed by atoms with E-state index in [1.165, 1.54) is 87.3 Å². The molecule has 2 aromatic carbocycles. The first-order valence-electron chi connectivity index (χ1n) is 13.6. The van der Waals surface area contributed by atoms with Crippen LogP contribution in [0, 0.1) is 11.6 Å². The summed E-state index contributed by atoms with van der Waals surface area (Å²) in [5.74, 6) is -2.21. The molecule has 0 aliphatic heterocycles. The summed E-state index contributed by atoms with van der Waals surface area (Å²) in [6.07, 6.45) is 4.13. The van der Waals surface area contributed by atoms with Gasteiger partial charge >= 0.3 is 0 Å². The van der Waals surface area contributed by atoms with Crippen molar-refractivity contribution >= 4 is 34.8 Å². The Morgan fingerprint density at radius 3 is 1.54 bits per heavy atom. The van der Waals surface area contributed by atoms with Gasteiger partial charge in [-0.2, -0.15) is 0 Å². The van der Waals surface area contributed by atoms with Gasteiger partial charge in [-0.05, 0) is 48.5 Å². The van der Waals surface area contributed by atoms with Crippen molar-refractivity contribution in [1.82, 2.24) is 25.6 Å². The van der Waals surface area contributed by atoms with E-state index in [1.54, 1.807) is 6.07 Å². The standard InChI is InChI=1S/C32H25F2N7O5/c1-35-30(42)27-13-18(7-10-37-27)40-25-5-3-19(14-23(25)33)46-22-9-12-39-29(17-22)32(44)41-26-6-4-20(15-24(26)34)45-21-8-11-38-28(16-21)31(43)36-2/h3-17H,1-2H3,(H,35,42)(H,36,43)(H,37,40)(H,41,44). The fraction of sp³-hybridized carbons (Fsp3) is 0.0625. The fourth-order valence-corrected chi connectivity index (χ4v) is 4.02. The van der Waals surface area contributed by atoms with Crippen molar-refractivity contribution in [3.8, 4) is 23.0 Å². The molecule has 0 atom stereocenters. The third-order valence-corrected chi connectivity index (χ3v) is 6.25. The van der Waals surface area contributed by atoms with Crippen molar-refractivity contribution in [2.24, 2.45) is 0 Å². The lowest BCUT2D eigenvalue weighted by Gasteiger charge is -2.12. The lowest BCUT2D eigenvalue weighted by atomic mass is 10.2. The van der Waals surface area contributed by atoms with E-state index in [0.29, 0.717) is 5.69 Å². The third kappa shape index (κ3) is 7.55. The van der Waals surface area contributed by atoms with Crippen LogP contribution in [0.25, 0.3) is 0 Å². The van der Waals surface area contributed by atoms with Gasteiger partial charge in [0, 0.05) is 62.6 Å². The van der Waals surface area contributed by atoms with Gasteiger partial charge in [-0.1, -0.05) is 0 Å². The molecular formula is C32H25F2N7O5. The maximum absolute atomic E-state index is 14.9. The second-order valence-corrected chi connectivity index (χ2v) is 9.41. The van der Waals surface area contributed by atoms with Crippen LogP contribution in [0.1, 0.15) is 31.5 Å². The zero-order valence-electron chi connectivity index (χ0n) is 24.3. The number of amides is 3. The summed E-state index contributed by atoms with van der Waals surface area (Å²) in [6.45, 7) is 0. The number of pyridine rings is 3. The highest BCUT2D eigenvalue weighted by Crippen LogP contribution is 2.29. The lowest BCUT2D eigenvalue weighted by Crippen LogP contribution is -2.19. The first-order valence-corrected chi connectivity index (χ1v) is 13.6. The maximum atomic E-state index is 14.9. The van der Waals surface area contributed by atoms with Crippen LogP contribution >= 0.6 is 0 Å². The Morgan fingerprint density at radius 2 is 1.02 bits per heavy atom. The number of aromatic nitrogens is 3. The molecule has 14 heteroatoms. The van der Waals surface area contributed by atoms with Crippen LogP contribution < -0.4 is 30.7 Å². The number of hydrogen-bond acceptors (Lipinski definition) is 9. The van der Waals surface area contributed by atoms with Crippen molar-refractivity contribution in [3.05, 3.63) is 120 Å². The van der Waals surface area contributed by atoms with Gasteiger partial charge in [-0.15, -0.1) is 0 Å². The minimum Gasteiger partial charge on any atom is -0.457 e. The number of hydrogen-bond donors (Lipinski definition) is 4. The number of anilines is 3. The predicted octanol–water partition coefficient (Wildman–Crippen LogP) is 5.45. The predicted molar refractivity (Wildman–Crippen MR) is 164 cm³/mol. The summed E-state index contributed by atoms with van der Waals surface area (Å²) in [7, 11) is 2.95. The average molecular weight is 626 g/mol. The van der Waals surface area contributed by atoms with Crippen LogP contribution in [0.4, 0.5) is 25.8 Å². The molecule has 3 amide bonds. The highest BCUT2D eigenvalue weighted by molar-refractivity contribution is 6.03. The van der Waals surface area contributed by atoms with Gasteiger partial charge in [0.1, 0.15) is 51.7 Å². The summed E-state index contributed by atoms with van der Waals surface area (Å²) in [4.78, 5) is 48.4. The Bertz CT molecular complexity index is 1940. The van der Waals surface area contributed by atoms with E-state index >= 15 is 0 Å². The third-order valence-electron chi connectivity index (χ3n) is 6.25. The minimum atomic E-state index is -0.778. The van der Waals surface area contributed by atoms with Crippen LogP contribution in [-0.4, -0.2) is 46.8 Å². The largest absolute Gasteiger partial charge is 0.457 e. The van der Waals surface area contributed by atoms with Crippen LogP contribution in [-0.2, 0) is 0 Å².